The van der Waals surface area contributed by atoms with Gasteiger partial charge in [0.05, 0.1) is 6.10 Å². The number of nitrogens with zero attached hydrogens (tertiary/aromatic N) is 1. The number of pyridine rings is 1. The number of hydrogen-bond acceptors (Lipinski definition) is 3. The average molecular weight is 312 g/mol. The van der Waals surface area contributed by atoms with Crippen molar-refractivity contribution in [2.75, 3.05) is 0 Å². The Hall–Kier alpha value is -0.710. The number of hydrogen-bond donors (Lipinski definition) is 1. The second-order valence-corrected chi connectivity index (χ2v) is 5.99. The van der Waals surface area contributed by atoms with E-state index in [0.29, 0.717) is 6.42 Å². The van der Waals surface area contributed by atoms with Crippen LogP contribution < -0.4 is 0 Å². The van der Waals surface area contributed by atoms with Crippen LogP contribution in [-0.4, -0.2) is 10.1 Å². The Morgan fingerprint density at radius 1 is 1.41 bits per heavy atom. The molecule has 1 N–H and O–H groups in total. The molecule has 2 aromatic rings. The van der Waals surface area contributed by atoms with Crippen LogP contribution in [-0.2, 0) is 6.42 Å². The molecule has 2 nitrogen and oxygen atoms in total. The van der Waals surface area contributed by atoms with E-state index in [2.05, 4.69) is 20.9 Å². The number of aryl methyl sites for hydroxylation is 2. The lowest BCUT2D eigenvalue weighted by Crippen LogP contribution is -2.04. The van der Waals surface area contributed by atoms with E-state index in [9.17, 15) is 5.11 Å². The van der Waals surface area contributed by atoms with E-state index in [4.69, 9.17) is 0 Å². The Morgan fingerprint density at radius 3 is 2.76 bits per heavy atom. The van der Waals surface area contributed by atoms with E-state index in [1.165, 1.54) is 4.88 Å². The van der Waals surface area contributed by atoms with E-state index in [1.807, 2.05) is 37.4 Å². The lowest BCUT2D eigenvalue weighted by molar-refractivity contribution is 0.178. The molecule has 2 aromatic heterocycles. The summed E-state index contributed by atoms with van der Waals surface area (Å²) in [6.07, 6.45) is 0.163. The van der Waals surface area contributed by atoms with Gasteiger partial charge in [-0.15, -0.1) is 11.3 Å². The molecule has 0 amide bonds. The van der Waals surface area contributed by atoms with Crippen molar-refractivity contribution in [3.05, 3.63) is 49.9 Å². The minimum Gasteiger partial charge on any atom is -0.388 e. The first-order valence-electron chi connectivity index (χ1n) is 5.41. The van der Waals surface area contributed by atoms with E-state index in [0.717, 1.165) is 21.4 Å². The number of aliphatic hydroxyl groups is 1. The smallest absolute Gasteiger partial charge is 0.0855 e. The maximum Gasteiger partial charge on any atom is 0.0855 e. The highest BCUT2D eigenvalue weighted by molar-refractivity contribution is 9.10. The molecule has 90 valence electrons. The molecule has 2 heterocycles. The molecule has 17 heavy (non-hydrogen) atoms. The second kappa shape index (κ2) is 5.29. The number of rotatable bonds is 3. The summed E-state index contributed by atoms with van der Waals surface area (Å²) in [5.41, 5.74) is 2.81. The third kappa shape index (κ3) is 3.15. The van der Waals surface area contributed by atoms with Crippen LogP contribution in [0.15, 0.2) is 28.1 Å². The van der Waals surface area contributed by atoms with Crippen LogP contribution in [0.2, 0.25) is 0 Å². The first-order valence-corrected chi connectivity index (χ1v) is 7.08. The number of aliphatic hydroxyl groups excluding tert-OH is 1. The molecule has 0 spiro atoms. The van der Waals surface area contributed by atoms with E-state index in [1.54, 1.807) is 11.3 Å². The summed E-state index contributed by atoms with van der Waals surface area (Å²) >= 11 is 5.07. The van der Waals surface area contributed by atoms with Gasteiger partial charge in [-0.2, -0.15) is 0 Å². The van der Waals surface area contributed by atoms with Crippen molar-refractivity contribution in [1.29, 1.82) is 0 Å². The molecule has 0 bridgehead atoms. The summed E-state index contributed by atoms with van der Waals surface area (Å²) in [6.45, 7) is 3.90. The standard InChI is InChI=1S/C13H14BrNOS/c1-8-3-4-12(9(2)15-8)13(16)6-11-5-10(14)7-17-11/h3-5,7,13,16H,6H2,1-2H3. The summed E-state index contributed by atoms with van der Waals surface area (Å²) in [7, 11) is 0. The Labute approximate surface area is 113 Å². The molecular formula is C13H14BrNOS. The lowest BCUT2D eigenvalue weighted by atomic mass is 10.0. The largest absolute Gasteiger partial charge is 0.388 e. The van der Waals surface area contributed by atoms with Gasteiger partial charge < -0.3 is 5.11 Å². The Kier molecular flexibility index (Phi) is 3.97. The summed E-state index contributed by atoms with van der Waals surface area (Å²) in [4.78, 5) is 5.55. The van der Waals surface area contributed by atoms with Gasteiger partial charge in [0.2, 0.25) is 0 Å². The molecule has 2 rings (SSSR count). The van der Waals surface area contributed by atoms with Gasteiger partial charge in [-0.05, 0) is 41.9 Å². The van der Waals surface area contributed by atoms with E-state index in [-0.39, 0.29) is 0 Å². The topological polar surface area (TPSA) is 33.1 Å². The van der Waals surface area contributed by atoms with Crippen molar-refractivity contribution in [3.8, 4) is 0 Å². The van der Waals surface area contributed by atoms with Gasteiger partial charge in [-0.1, -0.05) is 6.07 Å². The summed E-state index contributed by atoms with van der Waals surface area (Å²) in [5, 5.41) is 12.2. The molecule has 0 radical (unpaired) electrons. The molecule has 0 saturated carbocycles. The number of thiophene rings is 1. The van der Waals surface area contributed by atoms with Crippen LogP contribution in [0.5, 0.6) is 0 Å². The molecule has 1 atom stereocenters. The van der Waals surface area contributed by atoms with Gasteiger partial charge in [0.25, 0.3) is 0 Å². The molecule has 0 fully saturated rings. The highest BCUT2D eigenvalue weighted by atomic mass is 79.9. The second-order valence-electron chi connectivity index (χ2n) is 4.08. The minimum atomic E-state index is -0.478. The summed E-state index contributed by atoms with van der Waals surface area (Å²) in [5.74, 6) is 0. The monoisotopic (exact) mass is 311 g/mol. The van der Waals surface area contributed by atoms with Crippen LogP contribution in [0.4, 0.5) is 0 Å². The third-order valence-electron chi connectivity index (χ3n) is 2.64. The highest BCUT2D eigenvalue weighted by Crippen LogP contribution is 2.26. The van der Waals surface area contributed by atoms with Crippen LogP contribution >= 0.6 is 27.3 Å². The first-order chi connectivity index (χ1) is 8.06. The SMILES string of the molecule is Cc1ccc(C(O)Cc2cc(Br)cs2)c(C)n1. The van der Waals surface area contributed by atoms with Crippen molar-refractivity contribution < 1.29 is 5.11 Å². The summed E-state index contributed by atoms with van der Waals surface area (Å²) in [6, 6.07) is 5.95. The fourth-order valence-corrected chi connectivity index (χ4v) is 3.30. The van der Waals surface area contributed by atoms with Crippen molar-refractivity contribution in [2.24, 2.45) is 0 Å². The maximum absolute atomic E-state index is 10.2. The predicted molar refractivity (Wildman–Crippen MR) is 74.4 cm³/mol. The number of halogens is 1. The van der Waals surface area contributed by atoms with Gasteiger partial charge in [-0.3, -0.25) is 4.98 Å². The minimum absolute atomic E-state index is 0.478. The molecular weight excluding hydrogens is 298 g/mol. The van der Waals surface area contributed by atoms with E-state index < -0.39 is 6.10 Å². The summed E-state index contributed by atoms with van der Waals surface area (Å²) < 4.78 is 1.07. The Balaban J connectivity index is 2.17. The van der Waals surface area contributed by atoms with E-state index >= 15 is 0 Å². The van der Waals surface area contributed by atoms with Crippen molar-refractivity contribution in [2.45, 2.75) is 26.4 Å². The van der Waals surface area contributed by atoms with Crippen molar-refractivity contribution >= 4 is 27.3 Å². The van der Waals surface area contributed by atoms with Gasteiger partial charge in [0.15, 0.2) is 0 Å². The Bertz CT molecular complexity index is 524. The average Bonchev–Trinajstić information content (AvgIpc) is 2.63. The lowest BCUT2D eigenvalue weighted by Gasteiger charge is -2.12. The predicted octanol–water partition coefficient (Wildman–Crippen LogP) is 3.80. The first kappa shape index (κ1) is 12.7. The third-order valence-corrected chi connectivity index (χ3v) is 4.36. The van der Waals surface area contributed by atoms with Gasteiger partial charge in [-0.25, -0.2) is 0 Å². The van der Waals surface area contributed by atoms with Crippen LogP contribution in [0.1, 0.15) is 27.9 Å². The van der Waals surface area contributed by atoms with Crippen LogP contribution in [0.25, 0.3) is 0 Å². The van der Waals surface area contributed by atoms with Crippen molar-refractivity contribution in [3.63, 3.8) is 0 Å². The molecule has 1 unspecified atom stereocenters. The van der Waals surface area contributed by atoms with Gasteiger partial charge in [0, 0.05) is 38.1 Å². The zero-order chi connectivity index (χ0) is 12.4. The molecule has 0 aliphatic carbocycles. The molecule has 4 heteroatoms. The zero-order valence-corrected chi connectivity index (χ0v) is 12.2. The Morgan fingerprint density at radius 2 is 2.18 bits per heavy atom. The molecule has 0 aliphatic rings. The fraction of sp³-hybridized carbons (Fsp3) is 0.308. The fourth-order valence-electron chi connectivity index (χ4n) is 1.81. The molecule has 0 aromatic carbocycles. The number of aromatic nitrogens is 1. The van der Waals surface area contributed by atoms with Gasteiger partial charge >= 0.3 is 0 Å². The quantitative estimate of drug-likeness (QED) is 0.935. The zero-order valence-electron chi connectivity index (χ0n) is 9.77. The molecule has 0 saturated heterocycles. The van der Waals surface area contributed by atoms with Crippen LogP contribution in [0, 0.1) is 13.8 Å². The highest BCUT2D eigenvalue weighted by Gasteiger charge is 2.13. The van der Waals surface area contributed by atoms with Crippen molar-refractivity contribution in [1.82, 2.24) is 4.98 Å². The van der Waals surface area contributed by atoms with Crippen LogP contribution in [0.3, 0.4) is 0 Å². The maximum atomic E-state index is 10.2. The molecule has 0 aliphatic heterocycles. The normalized spacial score (nSPS) is 12.7. The van der Waals surface area contributed by atoms with Gasteiger partial charge in [0.1, 0.15) is 0 Å².